The number of anilines is 2. The summed E-state index contributed by atoms with van der Waals surface area (Å²) in [5.41, 5.74) is 1.62. The molecule has 3 rings (SSSR count). The van der Waals surface area contributed by atoms with Crippen LogP contribution in [0.4, 0.5) is 17.1 Å². The number of nitriles is 1. The summed E-state index contributed by atoms with van der Waals surface area (Å²) >= 11 is 1.04. The molecule has 146 valence electrons. The topological polar surface area (TPSA) is 115 Å². The molecule has 9 heteroatoms. The van der Waals surface area contributed by atoms with E-state index < -0.39 is 5.25 Å². The summed E-state index contributed by atoms with van der Waals surface area (Å²) in [6, 6.07) is 15.4. The van der Waals surface area contributed by atoms with Crippen molar-refractivity contribution in [3.8, 4) is 6.19 Å². The van der Waals surface area contributed by atoms with E-state index >= 15 is 0 Å². The summed E-state index contributed by atoms with van der Waals surface area (Å²) < 4.78 is 0. The predicted octanol–water partition coefficient (Wildman–Crippen LogP) is 2.77. The third-order valence-corrected chi connectivity index (χ3v) is 5.02. The van der Waals surface area contributed by atoms with Gasteiger partial charge < -0.3 is 5.32 Å². The van der Waals surface area contributed by atoms with Crippen molar-refractivity contribution < 1.29 is 14.4 Å². The Morgan fingerprint density at radius 2 is 1.86 bits per heavy atom. The molecule has 1 aliphatic heterocycles. The highest BCUT2D eigenvalue weighted by Crippen LogP contribution is 2.31. The number of imide groups is 1. The van der Waals surface area contributed by atoms with Gasteiger partial charge in [-0.05, 0) is 36.4 Å². The Kier molecular flexibility index (Phi) is 6.26. The van der Waals surface area contributed by atoms with Crippen LogP contribution >= 0.6 is 11.8 Å². The highest BCUT2D eigenvalue weighted by molar-refractivity contribution is 8.15. The van der Waals surface area contributed by atoms with Crippen LogP contribution in [0, 0.1) is 11.5 Å². The Morgan fingerprint density at radius 1 is 1.17 bits per heavy atom. The number of aliphatic imine (C=N–C) groups is 1. The van der Waals surface area contributed by atoms with Gasteiger partial charge in [0.15, 0.2) is 11.4 Å². The number of benzene rings is 2. The Balaban J connectivity index is 1.76. The maximum Gasteiger partial charge on any atom is 0.247 e. The molecule has 2 aromatic carbocycles. The van der Waals surface area contributed by atoms with E-state index in [-0.39, 0.29) is 29.3 Å². The van der Waals surface area contributed by atoms with Crippen molar-refractivity contribution in [1.29, 1.82) is 5.26 Å². The molecule has 0 spiro atoms. The first-order valence-electron chi connectivity index (χ1n) is 8.68. The number of carbonyl (C=O) groups excluding carboxylic acids is 3. The van der Waals surface area contributed by atoms with E-state index in [4.69, 9.17) is 5.26 Å². The molecule has 1 fully saturated rings. The highest BCUT2D eigenvalue weighted by Gasteiger charge is 2.40. The summed E-state index contributed by atoms with van der Waals surface area (Å²) in [7, 11) is 0. The number of hydrogen-bond acceptors (Lipinski definition) is 6. The smallest absolute Gasteiger partial charge is 0.247 e. The van der Waals surface area contributed by atoms with Crippen LogP contribution in [0.5, 0.6) is 0 Å². The molecule has 0 aliphatic carbocycles. The fraction of sp³-hybridized carbons (Fsp3) is 0.150. The van der Waals surface area contributed by atoms with Gasteiger partial charge >= 0.3 is 0 Å². The first-order chi connectivity index (χ1) is 14.0. The van der Waals surface area contributed by atoms with Gasteiger partial charge in [-0.1, -0.05) is 30.0 Å². The minimum absolute atomic E-state index is 0.00212. The maximum atomic E-state index is 12.8. The number of nitrogens with one attached hydrogen (secondary N) is 2. The molecular weight excluding hydrogens is 390 g/mol. The van der Waals surface area contributed by atoms with Gasteiger partial charge in [-0.15, -0.1) is 0 Å². The Labute approximate surface area is 171 Å². The average molecular weight is 407 g/mol. The van der Waals surface area contributed by atoms with E-state index in [0.717, 1.165) is 16.7 Å². The van der Waals surface area contributed by atoms with E-state index in [9.17, 15) is 14.4 Å². The molecule has 8 nitrogen and oxygen atoms in total. The lowest BCUT2D eigenvalue weighted by atomic mass is 10.2. The SMILES string of the molecule is CC(=O)Nc1ccc(N2C(=O)C[C@H](SC(=Nc3ccccc3)NC#N)C2=O)cc1. The molecule has 1 atom stereocenters. The van der Waals surface area contributed by atoms with Crippen LogP contribution in [-0.4, -0.2) is 28.1 Å². The van der Waals surface area contributed by atoms with Crippen molar-refractivity contribution >= 4 is 51.7 Å². The van der Waals surface area contributed by atoms with Crippen molar-refractivity contribution in [2.75, 3.05) is 10.2 Å². The second-order valence-corrected chi connectivity index (χ2v) is 7.29. The lowest BCUT2D eigenvalue weighted by molar-refractivity contribution is -0.121. The largest absolute Gasteiger partial charge is 0.326 e. The Morgan fingerprint density at radius 3 is 2.48 bits per heavy atom. The van der Waals surface area contributed by atoms with Gasteiger partial charge in [-0.2, -0.15) is 5.26 Å². The molecular formula is C20H17N5O3S. The van der Waals surface area contributed by atoms with Gasteiger partial charge in [-0.3, -0.25) is 19.7 Å². The van der Waals surface area contributed by atoms with Crippen LogP contribution in [0.1, 0.15) is 13.3 Å². The summed E-state index contributed by atoms with van der Waals surface area (Å²) in [5, 5.41) is 13.6. The van der Waals surface area contributed by atoms with Crippen LogP contribution in [0.25, 0.3) is 0 Å². The zero-order valence-corrected chi connectivity index (χ0v) is 16.3. The van der Waals surface area contributed by atoms with Crippen molar-refractivity contribution in [3.05, 3.63) is 54.6 Å². The van der Waals surface area contributed by atoms with Crippen LogP contribution in [0.3, 0.4) is 0 Å². The number of amidine groups is 1. The fourth-order valence-corrected chi connectivity index (χ4v) is 3.71. The molecule has 2 N–H and O–H groups in total. The third-order valence-electron chi connectivity index (χ3n) is 3.95. The molecule has 0 saturated carbocycles. The molecule has 1 heterocycles. The zero-order chi connectivity index (χ0) is 20.8. The Bertz CT molecular complexity index is 999. The number of nitrogens with zero attached hydrogens (tertiary/aromatic N) is 3. The molecule has 0 aromatic heterocycles. The number of thioether (sulfide) groups is 1. The molecule has 2 aromatic rings. The second kappa shape index (κ2) is 9.03. The van der Waals surface area contributed by atoms with E-state index in [0.29, 0.717) is 17.1 Å². The van der Waals surface area contributed by atoms with Gasteiger partial charge in [-0.25, -0.2) is 9.89 Å². The standard InChI is InChI=1S/C20H17N5O3S/c1-13(26)23-15-7-9-16(10-8-15)25-18(27)11-17(19(25)28)29-20(22-12-21)24-14-5-3-2-4-6-14/h2-10,17H,11H2,1H3,(H,22,24)(H,23,26)/t17-/m0/s1. The lowest BCUT2D eigenvalue weighted by Crippen LogP contribution is -2.32. The first-order valence-corrected chi connectivity index (χ1v) is 9.56. The first kappa shape index (κ1) is 20.1. The Hall–Kier alpha value is -3.64. The van der Waals surface area contributed by atoms with Gasteiger partial charge in [0.25, 0.3) is 0 Å². The molecule has 1 aliphatic rings. The van der Waals surface area contributed by atoms with E-state index in [1.807, 2.05) is 18.2 Å². The monoisotopic (exact) mass is 407 g/mol. The minimum Gasteiger partial charge on any atom is -0.326 e. The van der Waals surface area contributed by atoms with Crippen LogP contribution < -0.4 is 15.5 Å². The van der Waals surface area contributed by atoms with Crippen LogP contribution in [0.2, 0.25) is 0 Å². The summed E-state index contributed by atoms with van der Waals surface area (Å²) in [5.74, 6) is -0.929. The molecule has 0 unspecified atom stereocenters. The third kappa shape index (κ3) is 5.00. The average Bonchev–Trinajstić information content (AvgIpc) is 2.96. The quantitative estimate of drug-likeness (QED) is 0.265. The van der Waals surface area contributed by atoms with Crippen molar-refractivity contribution in [2.24, 2.45) is 4.99 Å². The van der Waals surface area contributed by atoms with Gasteiger partial charge in [0.05, 0.1) is 11.4 Å². The molecule has 3 amide bonds. The number of amides is 3. The van der Waals surface area contributed by atoms with Gasteiger partial charge in [0.1, 0.15) is 5.25 Å². The van der Waals surface area contributed by atoms with Crippen molar-refractivity contribution in [3.63, 3.8) is 0 Å². The number of hydrogen-bond donors (Lipinski definition) is 2. The van der Waals surface area contributed by atoms with Gasteiger partial charge in [0, 0.05) is 19.0 Å². The fourth-order valence-electron chi connectivity index (χ4n) is 2.75. The molecule has 0 radical (unpaired) electrons. The summed E-state index contributed by atoms with van der Waals surface area (Å²) in [4.78, 5) is 41.8. The van der Waals surface area contributed by atoms with E-state index in [2.05, 4.69) is 15.6 Å². The van der Waals surface area contributed by atoms with E-state index in [1.165, 1.54) is 6.92 Å². The molecule has 0 bridgehead atoms. The molecule has 29 heavy (non-hydrogen) atoms. The lowest BCUT2D eigenvalue weighted by Gasteiger charge is -2.15. The second-order valence-electron chi connectivity index (χ2n) is 6.10. The number of para-hydroxylation sites is 1. The number of rotatable bonds is 4. The normalized spacial score (nSPS) is 16.5. The minimum atomic E-state index is -0.694. The predicted molar refractivity (Wildman–Crippen MR) is 112 cm³/mol. The zero-order valence-electron chi connectivity index (χ0n) is 15.5. The van der Waals surface area contributed by atoms with Crippen molar-refractivity contribution in [2.45, 2.75) is 18.6 Å². The highest BCUT2D eigenvalue weighted by atomic mass is 32.2. The van der Waals surface area contributed by atoms with Gasteiger partial charge in [0.2, 0.25) is 17.7 Å². The van der Waals surface area contributed by atoms with Crippen LogP contribution in [-0.2, 0) is 14.4 Å². The molecule has 1 saturated heterocycles. The summed E-state index contributed by atoms with van der Waals surface area (Å²) in [6.07, 6.45) is 1.80. The summed E-state index contributed by atoms with van der Waals surface area (Å²) in [6.45, 7) is 1.40. The number of carbonyl (C=O) groups is 3. The van der Waals surface area contributed by atoms with E-state index in [1.54, 1.807) is 42.6 Å². The van der Waals surface area contributed by atoms with Crippen molar-refractivity contribution in [1.82, 2.24) is 5.32 Å². The maximum absolute atomic E-state index is 12.8. The van der Waals surface area contributed by atoms with Crippen LogP contribution in [0.15, 0.2) is 59.6 Å².